The second kappa shape index (κ2) is 9.82. The van der Waals surface area contributed by atoms with Gasteiger partial charge >= 0.3 is 6.18 Å². The molecule has 1 saturated heterocycles. The topological polar surface area (TPSA) is 92.2 Å². The van der Waals surface area contributed by atoms with Gasteiger partial charge in [-0.3, -0.25) is 9.59 Å². The van der Waals surface area contributed by atoms with Crippen molar-refractivity contribution in [2.45, 2.75) is 33.0 Å². The summed E-state index contributed by atoms with van der Waals surface area (Å²) in [7, 11) is 0. The Balaban J connectivity index is 1.75. The number of nitrogens with zero attached hydrogens (tertiary/aromatic N) is 4. The molecule has 2 N–H and O–H groups in total. The molecule has 0 spiro atoms. The fraction of sp³-hybridized carbons (Fsp3) is 0.391. The first-order valence-corrected chi connectivity index (χ1v) is 11.5. The van der Waals surface area contributed by atoms with Gasteiger partial charge in [0.15, 0.2) is 11.2 Å². The van der Waals surface area contributed by atoms with E-state index in [1.165, 1.54) is 6.20 Å². The average Bonchev–Trinajstić information content (AvgIpc) is 2.81. The summed E-state index contributed by atoms with van der Waals surface area (Å²) in [6, 6.07) is 2.73. The van der Waals surface area contributed by atoms with E-state index in [-0.39, 0.29) is 33.8 Å². The maximum Gasteiger partial charge on any atom is 0.416 e. The largest absolute Gasteiger partial charge is 0.416 e. The molecular weight excluding hydrogens is 485 g/mol. The lowest BCUT2D eigenvalue weighted by Crippen LogP contribution is -2.46. The lowest BCUT2D eigenvalue weighted by molar-refractivity contribution is -0.137. The fourth-order valence-corrected chi connectivity index (χ4v) is 4.41. The standard InChI is InChI=1S/C23H24ClF3N6O2/c1-3-17-20(32-8-6-28-7-9-32)21(35)19-22(30-13(2)11-29-19)33(17)12-18(34)31-16-5-4-14(10-15(16)24)23(25,26)27/h4-5,10-11,28H,3,6-9,12H2,1-2H3,(H,31,34). The van der Waals surface area contributed by atoms with Crippen LogP contribution >= 0.6 is 11.6 Å². The Kier molecular flexibility index (Phi) is 7.00. The van der Waals surface area contributed by atoms with Crippen LogP contribution in [0.3, 0.4) is 0 Å². The molecule has 0 radical (unpaired) electrons. The summed E-state index contributed by atoms with van der Waals surface area (Å²) in [6.07, 6.45) is -2.59. The quantitative estimate of drug-likeness (QED) is 0.549. The summed E-state index contributed by atoms with van der Waals surface area (Å²) in [5.41, 5.74) is 1.03. The van der Waals surface area contributed by atoms with Crippen molar-refractivity contribution >= 4 is 40.0 Å². The third-order valence-electron chi connectivity index (χ3n) is 5.80. The van der Waals surface area contributed by atoms with Crippen molar-refractivity contribution in [3.05, 3.63) is 56.6 Å². The molecule has 1 amide bonds. The van der Waals surface area contributed by atoms with Crippen LogP contribution < -0.4 is 21.0 Å². The van der Waals surface area contributed by atoms with Crippen LogP contribution in [0.5, 0.6) is 0 Å². The van der Waals surface area contributed by atoms with Crippen LogP contribution in [0.25, 0.3) is 11.2 Å². The van der Waals surface area contributed by atoms with Gasteiger partial charge in [0, 0.05) is 38.1 Å². The summed E-state index contributed by atoms with van der Waals surface area (Å²) in [4.78, 5) is 37.2. The lowest BCUT2D eigenvalue weighted by atomic mass is 10.1. The number of carbonyl (C=O) groups excluding carboxylic acids is 1. The van der Waals surface area contributed by atoms with Crippen molar-refractivity contribution < 1.29 is 18.0 Å². The number of halogens is 4. The van der Waals surface area contributed by atoms with Crippen LogP contribution in [0.2, 0.25) is 5.02 Å². The number of aryl methyl sites for hydroxylation is 1. The van der Waals surface area contributed by atoms with Crippen LogP contribution in [0, 0.1) is 6.92 Å². The molecule has 1 aromatic carbocycles. The van der Waals surface area contributed by atoms with Gasteiger partial charge in [0.05, 0.1) is 22.0 Å². The number of fused-ring (bicyclic) bond motifs is 1. The Hall–Kier alpha value is -3.18. The molecule has 2 aromatic heterocycles. The molecule has 3 aromatic rings. The SMILES string of the molecule is CCc1c(N2CCNCC2)c(=O)c2ncc(C)nc2n1CC(=O)Nc1ccc(C(F)(F)F)cc1Cl. The van der Waals surface area contributed by atoms with E-state index in [0.717, 1.165) is 18.2 Å². The smallest absolute Gasteiger partial charge is 0.364 e. The van der Waals surface area contributed by atoms with Crippen LogP contribution in [-0.4, -0.2) is 46.6 Å². The molecule has 1 fully saturated rings. The Morgan fingerprint density at radius 3 is 2.60 bits per heavy atom. The summed E-state index contributed by atoms with van der Waals surface area (Å²) in [5.74, 6) is -0.527. The Bertz CT molecular complexity index is 1340. The number of benzene rings is 1. The lowest BCUT2D eigenvalue weighted by Gasteiger charge is -2.31. The Morgan fingerprint density at radius 2 is 1.97 bits per heavy atom. The van der Waals surface area contributed by atoms with Gasteiger partial charge in [0.25, 0.3) is 0 Å². The number of alkyl halides is 3. The van der Waals surface area contributed by atoms with Crippen molar-refractivity contribution in [1.29, 1.82) is 0 Å². The molecule has 12 heteroatoms. The highest BCUT2D eigenvalue weighted by molar-refractivity contribution is 6.33. The van der Waals surface area contributed by atoms with Crippen molar-refractivity contribution in [3.8, 4) is 0 Å². The third kappa shape index (κ3) is 5.10. The molecule has 3 heterocycles. The van der Waals surface area contributed by atoms with Gasteiger partial charge in [-0.15, -0.1) is 0 Å². The minimum Gasteiger partial charge on any atom is -0.364 e. The highest BCUT2D eigenvalue weighted by Gasteiger charge is 2.31. The molecular formula is C23H24ClF3N6O2. The monoisotopic (exact) mass is 508 g/mol. The average molecular weight is 509 g/mol. The zero-order valence-corrected chi connectivity index (χ0v) is 19.9. The van der Waals surface area contributed by atoms with Crippen LogP contribution in [0.4, 0.5) is 24.5 Å². The van der Waals surface area contributed by atoms with Crippen molar-refractivity contribution in [2.75, 3.05) is 36.4 Å². The van der Waals surface area contributed by atoms with Crippen LogP contribution in [0.1, 0.15) is 23.9 Å². The molecule has 0 aliphatic carbocycles. The highest BCUT2D eigenvalue weighted by atomic mass is 35.5. The van der Waals surface area contributed by atoms with Gasteiger partial charge in [-0.05, 0) is 31.5 Å². The van der Waals surface area contributed by atoms with Crippen LogP contribution in [0.15, 0.2) is 29.2 Å². The first kappa shape index (κ1) is 24.9. The molecule has 0 unspecified atom stereocenters. The second-order valence-corrected chi connectivity index (χ2v) is 8.63. The molecule has 35 heavy (non-hydrogen) atoms. The molecule has 186 valence electrons. The number of hydrogen-bond donors (Lipinski definition) is 2. The number of piperazine rings is 1. The van der Waals surface area contributed by atoms with Crippen molar-refractivity contribution in [1.82, 2.24) is 19.9 Å². The Labute approximate surface area is 204 Å². The number of anilines is 2. The van der Waals surface area contributed by atoms with Crippen molar-refractivity contribution in [2.24, 2.45) is 0 Å². The number of carbonyl (C=O) groups is 1. The number of pyridine rings is 1. The zero-order valence-electron chi connectivity index (χ0n) is 19.2. The van der Waals surface area contributed by atoms with Gasteiger partial charge in [-0.25, -0.2) is 9.97 Å². The van der Waals surface area contributed by atoms with Crippen LogP contribution in [-0.2, 0) is 23.9 Å². The molecule has 0 saturated carbocycles. The number of hydrogen-bond acceptors (Lipinski definition) is 6. The van der Waals surface area contributed by atoms with E-state index in [0.29, 0.717) is 49.7 Å². The summed E-state index contributed by atoms with van der Waals surface area (Å²) in [6.45, 7) is 6.07. The zero-order chi connectivity index (χ0) is 25.3. The van der Waals surface area contributed by atoms with Gasteiger partial charge in [0.1, 0.15) is 12.2 Å². The molecule has 1 aliphatic heterocycles. The molecule has 0 atom stereocenters. The van der Waals surface area contributed by atoms with Crippen molar-refractivity contribution in [3.63, 3.8) is 0 Å². The van der Waals surface area contributed by atoms with E-state index < -0.39 is 17.6 Å². The normalized spacial score (nSPS) is 14.4. The Morgan fingerprint density at radius 1 is 1.26 bits per heavy atom. The summed E-state index contributed by atoms with van der Waals surface area (Å²) in [5, 5.41) is 5.60. The number of amides is 1. The van der Waals surface area contributed by atoms with E-state index in [9.17, 15) is 22.8 Å². The fourth-order valence-electron chi connectivity index (χ4n) is 4.18. The number of aromatic nitrogens is 3. The van der Waals surface area contributed by atoms with E-state index >= 15 is 0 Å². The van der Waals surface area contributed by atoms with Gasteiger partial charge in [-0.1, -0.05) is 18.5 Å². The van der Waals surface area contributed by atoms with Gasteiger partial charge < -0.3 is 20.1 Å². The summed E-state index contributed by atoms with van der Waals surface area (Å²) < 4.78 is 40.5. The molecule has 4 rings (SSSR count). The van der Waals surface area contributed by atoms with Gasteiger partial charge in [0.2, 0.25) is 11.3 Å². The van der Waals surface area contributed by atoms with E-state index in [1.807, 2.05) is 11.8 Å². The van der Waals surface area contributed by atoms with E-state index in [4.69, 9.17) is 11.6 Å². The molecule has 1 aliphatic rings. The first-order valence-electron chi connectivity index (χ1n) is 11.1. The predicted octanol–water partition coefficient (Wildman–Crippen LogP) is 3.38. The number of rotatable bonds is 5. The molecule has 8 nitrogen and oxygen atoms in total. The van der Waals surface area contributed by atoms with E-state index in [1.54, 1.807) is 11.5 Å². The maximum atomic E-state index is 13.4. The minimum atomic E-state index is -4.55. The van der Waals surface area contributed by atoms with E-state index in [2.05, 4.69) is 20.6 Å². The number of nitrogens with one attached hydrogen (secondary N) is 2. The highest BCUT2D eigenvalue weighted by Crippen LogP contribution is 2.34. The van der Waals surface area contributed by atoms with Gasteiger partial charge in [-0.2, -0.15) is 13.2 Å². The summed E-state index contributed by atoms with van der Waals surface area (Å²) >= 11 is 6.01. The predicted molar refractivity (Wildman–Crippen MR) is 128 cm³/mol. The third-order valence-corrected chi connectivity index (χ3v) is 6.11. The molecule has 0 bridgehead atoms. The first-order chi connectivity index (χ1) is 16.6. The maximum absolute atomic E-state index is 13.4. The second-order valence-electron chi connectivity index (χ2n) is 8.23. The minimum absolute atomic E-state index is 0.0534.